The van der Waals surface area contributed by atoms with Crippen molar-refractivity contribution in [1.82, 2.24) is 15.0 Å². The van der Waals surface area contributed by atoms with Gasteiger partial charge in [-0.1, -0.05) is 18.2 Å². The zero-order valence-electron chi connectivity index (χ0n) is 8.51. The predicted molar refractivity (Wildman–Crippen MR) is 63.7 cm³/mol. The summed E-state index contributed by atoms with van der Waals surface area (Å²) in [5, 5.41) is 2.24. The van der Waals surface area contributed by atoms with Gasteiger partial charge in [-0.05, 0) is 11.5 Å². The Morgan fingerprint density at radius 1 is 1.12 bits per heavy atom. The highest BCUT2D eigenvalue weighted by atomic mass is 15.0. The predicted octanol–water partition coefficient (Wildman–Crippen LogP) is 2.21. The third-order valence-electron chi connectivity index (χ3n) is 2.57. The van der Waals surface area contributed by atoms with Crippen LogP contribution in [-0.2, 0) is 0 Å². The minimum atomic E-state index is 0.432. The van der Waals surface area contributed by atoms with E-state index >= 15 is 0 Å². The molecule has 0 fully saturated rings. The van der Waals surface area contributed by atoms with E-state index in [1.807, 2.05) is 30.5 Å². The minimum absolute atomic E-state index is 0.432. The van der Waals surface area contributed by atoms with E-state index in [0.29, 0.717) is 5.95 Å². The molecular weight excluding hydrogens is 200 g/mol. The molecule has 0 saturated heterocycles. The van der Waals surface area contributed by atoms with Gasteiger partial charge < -0.3 is 10.7 Å². The normalized spacial score (nSPS) is 10.8. The van der Waals surface area contributed by atoms with Crippen molar-refractivity contribution in [3.63, 3.8) is 0 Å². The van der Waals surface area contributed by atoms with Crippen molar-refractivity contribution in [3.05, 3.63) is 42.9 Å². The number of nitrogens with two attached hydrogens (primary N) is 1. The summed E-state index contributed by atoms with van der Waals surface area (Å²) in [6.45, 7) is 0. The van der Waals surface area contributed by atoms with Crippen molar-refractivity contribution in [2.75, 3.05) is 5.73 Å². The number of hydrogen-bond donors (Lipinski definition) is 2. The number of rotatable bonds is 1. The van der Waals surface area contributed by atoms with Crippen molar-refractivity contribution in [1.29, 1.82) is 0 Å². The van der Waals surface area contributed by atoms with Gasteiger partial charge in [0.15, 0.2) is 5.95 Å². The maximum atomic E-state index is 5.58. The van der Waals surface area contributed by atoms with Crippen LogP contribution in [-0.4, -0.2) is 15.0 Å². The molecule has 0 spiro atoms. The molecule has 16 heavy (non-hydrogen) atoms. The van der Waals surface area contributed by atoms with Crippen LogP contribution in [0.25, 0.3) is 22.0 Å². The summed E-state index contributed by atoms with van der Waals surface area (Å²) >= 11 is 0. The number of imidazole rings is 1. The first kappa shape index (κ1) is 8.91. The van der Waals surface area contributed by atoms with Crippen molar-refractivity contribution >= 4 is 16.7 Å². The average molecular weight is 210 g/mol. The molecular formula is C12H10N4. The van der Waals surface area contributed by atoms with Gasteiger partial charge >= 0.3 is 0 Å². The van der Waals surface area contributed by atoms with Crippen LogP contribution in [0.3, 0.4) is 0 Å². The summed E-state index contributed by atoms with van der Waals surface area (Å²) in [7, 11) is 0. The second-order valence-electron chi connectivity index (χ2n) is 3.58. The molecule has 1 aromatic carbocycles. The molecule has 0 amide bonds. The summed E-state index contributed by atoms with van der Waals surface area (Å²) in [6.07, 6.45) is 5.37. The van der Waals surface area contributed by atoms with Gasteiger partial charge in [-0.15, -0.1) is 0 Å². The van der Waals surface area contributed by atoms with Crippen LogP contribution in [0.1, 0.15) is 0 Å². The maximum absolute atomic E-state index is 5.58. The zero-order valence-corrected chi connectivity index (χ0v) is 8.51. The number of benzene rings is 1. The van der Waals surface area contributed by atoms with Crippen LogP contribution in [0, 0.1) is 0 Å². The fourth-order valence-corrected chi connectivity index (χ4v) is 1.83. The number of anilines is 1. The van der Waals surface area contributed by atoms with Crippen molar-refractivity contribution in [3.8, 4) is 11.3 Å². The fraction of sp³-hybridized carbons (Fsp3) is 0. The molecule has 4 nitrogen and oxygen atoms in total. The molecule has 2 heterocycles. The lowest BCUT2D eigenvalue weighted by Gasteiger charge is -2.03. The number of aromatic nitrogens is 3. The van der Waals surface area contributed by atoms with Crippen molar-refractivity contribution < 1.29 is 0 Å². The third kappa shape index (κ3) is 1.32. The standard InChI is InChI=1S/C12H10N4/c13-12-15-7-11(16-12)10-3-1-2-8-6-14-5-4-9(8)10/h1-7H,(H3,13,15,16). The number of nitrogens with zero attached hydrogens (tertiary/aromatic N) is 2. The van der Waals surface area contributed by atoms with Crippen LogP contribution in [0.2, 0.25) is 0 Å². The molecule has 3 aromatic rings. The summed E-state index contributed by atoms with van der Waals surface area (Å²) in [6, 6.07) is 8.05. The highest BCUT2D eigenvalue weighted by molar-refractivity contribution is 5.95. The lowest BCUT2D eigenvalue weighted by Crippen LogP contribution is -1.86. The molecule has 4 heteroatoms. The van der Waals surface area contributed by atoms with Gasteiger partial charge in [0.1, 0.15) is 0 Å². The van der Waals surface area contributed by atoms with Crippen LogP contribution in [0.5, 0.6) is 0 Å². The summed E-state index contributed by atoms with van der Waals surface area (Å²) < 4.78 is 0. The van der Waals surface area contributed by atoms with E-state index in [1.165, 1.54) is 0 Å². The van der Waals surface area contributed by atoms with Gasteiger partial charge in [-0.3, -0.25) is 4.98 Å². The smallest absolute Gasteiger partial charge is 0.197 e. The van der Waals surface area contributed by atoms with Crippen molar-refractivity contribution in [2.45, 2.75) is 0 Å². The van der Waals surface area contributed by atoms with E-state index in [1.54, 1.807) is 12.4 Å². The summed E-state index contributed by atoms with van der Waals surface area (Å²) in [5.74, 6) is 0.432. The molecule has 0 radical (unpaired) electrons. The quantitative estimate of drug-likeness (QED) is 0.647. The SMILES string of the molecule is Nc1ncc(-c2cccc3cnccc23)[nH]1. The molecule has 78 valence electrons. The Morgan fingerprint density at radius 3 is 2.88 bits per heavy atom. The topological polar surface area (TPSA) is 67.6 Å². The summed E-state index contributed by atoms with van der Waals surface area (Å²) in [4.78, 5) is 11.1. The van der Waals surface area contributed by atoms with Crippen LogP contribution >= 0.6 is 0 Å². The first-order valence-electron chi connectivity index (χ1n) is 4.98. The Kier molecular flexibility index (Phi) is 1.86. The van der Waals surface area contributed by atoms with E-state index < -0.39 is 0 Å². The van der Waals surface area contributed by atoms with Crippen LogP contribution in [0.15, 0.2) is 42.9 Å². The van der Waals surface area contributed by atoms with Gasteiger partial charge in [0, 0.05) is 23.3 Å². The largest absolute Gasteiger partial charge is 0.369 e. The Bertz CT molecular complexity index is 637. The van der Waals surface area contributed by atoms with Gasteiger partial charge in [-0.2, -0.15) is 0 Å². The number of hydrogen-bond acceptors (Lipinski definition) is 3. The molecule has 0 atom stereocenters. The van der Waals surface area contributed by atoms with E-state index in [-0.39, 0.29) is 0 Å². The van der Waals surface area contributed by atoms with Crippen LogP contribution in [0.4, 0.5) is 5.95 Å². The lowest BCUT2D eigenvalue weighted by molar-refractivity contribution is 1.33. The fourth-order valence-electron chi connectivity index (χ4n) is 1.83. The Hall–Kier alpha value is -2.36. The zero-order chi connectivity index (χ0) is 11.0. The number of H-pyrrole nitrogens is 1. The van der Waals surface area contributed by atoms with Crippen LogP contribution < -0.4 is 5.73 Å². The summed E-state index contributed by atoms with van der Waals surface area (Å²) in [5.41, 5.74) is 7.59. The highest BCUT2D eigenvalue weighted by Gasteiger charge is 2.05. The van der Waals surface area contributed by atoms with E-state index in [9.17, 15) is 0 Å². The van der Waals surface area contributed by atoms with Gasteiger partial charge in [-0.25, -0.2) is 4.98 Å². The molecule has 2 aromatic heterocycles. The maximum Gasteiger partial charge on any atom is 0.197 e. The molecule has 0 aliphatic heterocycles. The number of fused-ring (bicyclic) bond motifs is 1. The Balaban J connectivity index is 2.31. The second-order valence-corrected chi connectivity index (χ2v) is 3.58. The second kappa shape index (κ2) is 3.34. The third-order valence-corrected chi connectivity index (χ3v) is 2.57. The number of pyridine rings is 1. The molecule has 0 unspecified atom stereocenters. The molecule has 0 saturated carbocycles. The monoisotopic (exact) mass is 210 g/mol. The van der Waals surface area contributed by atoms with Gasteiger partial charge in [0.2, 0.25) is 0 Å². The molecule has 0 aliphatic carbocycles. The number of nitrogens with one attached hydrogen (secondary N) is 1. The average Bonchev–Trinajstić information content (AvgIpc) is 2.75. The molecule has 3 N–H and O–H groups in total. The van der Waals surface area contributed by atoms with E-state index in [2.05, 4.69) is 15.0 Å². The number of nitrogen functional groups attached to an aromatic ring is 1. The van der Waals surface area contributed by atoms with E-state index in [4.69, 9.17) is 5.73 Å². The Morgan fingerprint density at radius 2 is 2.06 bits per heavy atom. The van der Waals surface area contributed by atoms with Gasteiger partial charge in [0.25, 0.3) is 0 Å². The number of aromatic amines is 1. The molecule has 0 aliphatic rings. The first-order valence-corrected chi connectivity index (χ1v) is 4.98. The minimum Gasteiger partial charge on any atom is -0.369 e. The first-order chi connectivity index (χ1) is 7.84. The molecule has 3 rings (SSSR count). The lowest BCUT2D eigenvalue weighted by atomic mass is 10.0. The van der Waals surface area contributed by atoms with Gasteiger partial charge in [0.05, 0.1) is 11.9 Å². The van der Waals surface area contributed by atoms with Crippen molar-refractivity contribution in [2.24, 2.45) is 0 Å². The molecule has 0 bridgehead atoms. The Labute approximate surface area is 92.2 Å². The highest BCUT2D eigenvalue weighted by Crippen LogP contribution is 2.26. The van der Waals surface area contributed by atoms with E-state index in [0.717, 1.165) is 22.0 Å².